The highest BCUT2D eigenvalue weighted by Gasteiger charge is 2.10. The van der Waals surface area contributed by atoms with Gasteiger partial charge in [0.25, 0.3) is 0 Å². The van der Waals surface area contributed by atoms with Gasteiger partial charge in [-0.1, -0.05) is 31.8 Å². The SMILES string of the molecule is C[Si](C)(C)CC/C=C\C#N. The van der Waals surface area contributed by atoms with E-state index in [-0.39, 0.29) is 0 Å². The molecular weight excluding hydrogens is 138 g/mol. The molecule has 10 heavy (non-hydrogen) atoms. The van der Waals surface area contributed by atoms with Gasteiger partial charge in [0.15, 0.2) is 0 Å². The van der Waals surface area contributed by atoms with Crippen LogP contribution >= 0.6 is 0 Å². The summed E-state index contributed by atoms with van der Waals surface area (Å²) >= 11 is 0. The maximum Gasteiger partial charge on any atom is 0.0908 e. The molecule has 0 amide bonds. The van der Waals surface area contributed by atoms with E-state index < -0.39 is 8.07 Å². The van der Waals surface area contributed by atoms with Crippen LogP contribution in [-0.2, 0) is 0 Å². The molecule has 0 aromatic rings. The number of hydrogen-bond donors (Lipinski definition) is 0. The highest BCUT2D eigenvalue weighted by molar-refractivity contribution is 6.76. The van der Waals surface area contributed by atoms with E-state index in [0.29, 0.717) is 0 Å². The van der Waals surface area contributed by atoms with Crippen LogP contribution < -0.4 is 0 Å². The molecule has 0 aliphatic rings. The predicted octanol–water partition coefficient (Wildman–Crippen LogP) is 2.79. The van der Waals surface area contributed by atoms with Gasteiger partial charge in [-0.2, -0.15) is 5.26 Å². The molecule has 0 N–H and O–H groups in total. The Morgan fingerprint density at radius 3 is 2.40 bits per heavy atom. The molecule has 1 nitrogen and oxygen atoms in total. The number of nitriles is 1. The molecule has 0 radical (unpaired) electrons. The molecule has 0 aliphatic heterocycles. The van der Waals surface area contributed by atoms with Crippen LogP contribution in [0.5, 0.6) is 0 Å². The summed E-state index contributed by atoms with van der Waals surface area (Å²) < 4.78 is 0. The summed E-state index contributed by atoms with van der Waals surface area (Å²) in [5.74, 6) is 0. The minimum absolute atomic E-state index is 0.868. The Hall–Kier alpha value is -0.553. The highest BCUT2D eigenvalue weighted by Crippen LogP contribution is 2.10. The molecule has 2 heteroatoms. The lowest BCUT2D eigenvalue weighted by Crippen LogP contribution is -2.18. The molecular formula is C8H15NSi. The fourth-order valence-electron chi connectivity index (χ4n) is 0.652. The van der Waals surface area contributed by atoms with Crippen molar-refractivity contribution in [2.45, 2.75) is 32.1 Å². The average molecular weight is 153 g/mol. The summed E-state index contributed by atoms with van der Waals surface area (Å²) in [5.41, 5.74) is 0. The molecule has 0 spiro atoms. The Morgan fingerprint density at radius 1 is 1.40 bits per heavy atom. The van der Waals surface area contributed by atoms with E-state index in [9.17, 15) is 0 Å². The zero-order valence-electron chi connectivity index (χ0n) is 7.02. The van der Waals surface area contributed by atoms with Crippen LogP contribution in [0.4, 0.5) is 0 Å². The summed E-state index contributed by atoms with van der Waals surface area (Å²) in [6.07, 6.45) is 4.60. The summed E-state index contributed by atoms with van der Waals surface area (Å²) in [6, 6.07) is 3.27. The van der Waals surface area contributed by atoms with Crippen molar-refractivity contribution >= 4 is 8.07 Å². The van der Waals surface area contributed by atoms with Gasteiger partial charge in [0, 0.05) is 14.1 Å². The maximum atomic E-state index is 8.17. The Labute approximate surface area is 64.4 Å². The molecule has 0 bridgehead atoms. The van der Waals surface area contributed by atoms with E-state index in [2.05, 4.69) is 19.6 Å². The molecule has 0 heterocycles. The van der Waals surface area contributed by atoms with Crippen molar-refractivity contribution in [2.75, 3.05) is 0 Å². The van der Waals surface area contributed by atoms with Crippen molar-refractivity contribution in [3.63, 3.8) is 0 Å². The molecule has 0 rings (SSSR count). The quantitative estimate of drug-likeness (QED) is 0.452. The van der Waals surface area contributed by atoms with Crippen LogP contribution in [0.15, 0.2) is 12.2 Å². The van der Waals surface area contributed by atoms with E-state index in [4.69, 9.17) is 5.26 Å². The summed E-state index contributed by atoms with van der Waals surface area (Å²) in [7, 11) is -0.868. The van der Waals surface area contributed by atoms with Gasteiger partial charge in [0.2, 0.25) is 0 Å². The largest absolute Gasteiger partial charge is 0.193 e. The zero-order chi connectivity index (χ0) is 8.04. The Morgan fingerprint density at radius 2 is 2.00 bits per heavy atom. The van der Waals surface area contributed by atoms with E-state index in [1.807, 2.05) is 12.1 Å². The van der Waals surface area contributed by atoms with Gasteiger partial charge < -0.3 is 0 Å². The minimum atomic E-state index is -0.868. The van der Waals surface area contributed by atoms with Crippen molar-refractivity contribution in [3.05, 3.63) is 12.2 Å². The third-order valence-electron chi connectivity index (χ3n) is 1.25. The summed E-state index contributed by atoms with van der Waals surface area (Å²) in [5, 5.41) is 8.17. The van der Waals surface area contributed by atoms with Crippen molar-refractivity contribution in [2.24, 2.45) is 0 Å². The Balaban J connectivity index is 3.40. The first-order valence-corrected chi connectivity index (χ1v) is 7.31. The van der Waals surface area contributed by atoms with Crippen LogP contribution in [-0.4, -0.2) is 8.07 Å². The monoisotopic (exact) mass is 153 g/mol. The average Bonchev–Trinajstić information content (AvgIpc) is 1.78. The zero-order valence-corrected chi connectivity index (χ0v) is 8.02. The lowest BCUT2D eigenvalue weighted by atomic mass is 10.4. The van der Waals surface area contributed by atoms with Crippen molar-refractivity contribution in [1.82, 2.24) is 0 Å². The Kier molecular flexibility index (Phi) is 4.05. The van der Waals surface area contributed by atoms with E-state index in [0.717, 1.165) is 6.42 Å². The van der Waals surface area contributed by atoms with Crippen LogP contribution in [0.1, 0.15) is 6.42 Å². The van der Waals surface area contributed by atoms with Crippen molar-refractivity contribution < 1.29 is 0 Å². The fourth-order valence-corrected chi connectivity index (χ4v) is 1.69. The smallest absolute Gasteiger partial charge is 0.0908 e. The fraction of sp³-hybridized carbons (Fsp3) is 0.625. The third-order valence-corrected chi connectivity index (χ3v) is 3.04. The molecule has 0 fully saturated rings. The number of hydrogen-bond acceptors (Lipinski definition) is 1. The van der Waals surface area contributed by atoms with Crippen LogP contribution in [0.25, 0.3) is 0 Å². The molecule has 0 saturated heterocycles. The van der Waals surface area contributed by atoms with Gasteiger partial charge in [0.1, 0.15) is 0 Å². The van der Waals surface area contributed by atoms with Gasteiger partial charge in [-0.05, 0) is 6.42 Å². The standard InChI is InChI=1S/C8H15NSi/c1-10(2,3)8-6-4-5-7-9/h4-5H,6,8H2,1-3H3/b5-4-. The molecule has 0 unspecified atom stereocenters. The number of nitrogens with zero attached hydrogens (tertiary/aromatic N) is 1. The highest BCUT2D eigenvalue weighted by atomic mass is 28.3. The van der Waals surface area contributed by atoms with Gasteiger partial charge in [-0.25, -0.2) is 0 Å². The topological polar surface area (TPSA) is 23.8 Å². The first kappa shape index (κ1) is 9.45. The minimum Gasteiger partial charge on any atom is -0.193 e. The number of rotatable bonds is 3. The van der Waals surface area contributed by atoms with Gasteiger partial charge >= 0.3 is 0 Å². The van der Waals surface area contributed by atoms with Crippen LogP contribution in [0.3, 0.4) is 0 Å². The van der Waals surface area contributed by atoms with Gasteiger partial charge in [0.05, 0.1) is 6.07 Å². The Bertz CT molecular complexity index is 148. The third kappa shape index (κ3) is 7.45. The molecule has 0 atom stereocenters. The summed E-state index contributed by atoms with van der Waals surface area (Å²) in [6.45, 7) is 7.02. The molecule has 0 saturated carbocycles. The van der Waals surface area contributed by atoms with E-state index >= 15 is 0 Å². The second-order valence-electron chi connectivity index (χ2n) is 3.63. The second kappa shape index (κ2) is 4.29. The first-order valence-electron chi connectivity index (χ1n) is 3.61. The van der Waals surface area contributed by atoms with Gasteiger partial charge in [-0.3, -0.25) is 0 Å². The lowest BCUT2D eigenvalue weighted by Gasteiger charge is -2.12. The molecule has 0 aliphatic carbocycles. The van der Waals surface area contributed by atoms with Crippen LogP contribution in [0.2, 0.25) is 25.7 Å². The van der Waals surface area contributed by atoms with Crippen molar-refractivity contribution in [1.29, 1.82) is 5.26 Å². The molecule has 0 aromatic carbocycles. The molecule has 56 valence electrons. The lowest BCUT2D eigenvalue weighted by molar-refractivity contribution is 1.16. The summed E-state index contributed by atoms with van der Waals surface area (Å²) in [4.78, 5) is 0. The maximum absolute atomic E-state index is 8.17. The van der Waals surface area contributed by atoms with Crippen LogP contribution in [0, 0.1) is 11.3 Å². The van der Waals surface area contributed by atoms with E-state index in [1.54, 1.807) is 6.08 Å². The van der Waals surface area contributed by atoms with Gasteiger partial charge in [-0.15, -0.1) is 0 Å². The molecule has 0 aromatic heterocycles. The second-order valence-corrected chi connectivity index (χ2v) is 9.25. The normalized spacial score (nSPS) is 11.8. The first-order chi connectivity index (χ1) is 4.56. The predicted molar refractivity (Wildman–Crippen MR) is 47.5 cm³/mol. The van der Waals surface area contributed by atoms with Crippen molar-refractivity contribution in [3.8, 4) is 6.07 Å². The van der Waals surface area contributed by atoms with E-state index in [1.165, 1.54) is 6.04 Å². The number of allylic oxidation sites excluding steroid dienone is 2.